The highest BCUT2D eigenvalue weighted by Crippen LogP contribution is 2.45. The van der Waals surface area contributed by atoms with Crippen molar-refractivity contribution in [2.45, 2.75) is 439 Å². The summed E-state index contributed by atoms with van der Waals surface area (Å²) >= 11 is 0. The number of ether oxygens (including phenoxy) is 4. The molecule has 0 aliphatic carbocycles. The average molecular weight is 1450 g/mol. The van der Waals surface area contributed by atoms with Crippen LogP contribution in [0, 0.1) is 11.8 Å². The van der Waals surface area contributed by atoms with Gasteiger partial charge in [0.15, 0.2) is 12.2 Å². The van der Waals surface area contributed by atoms with Gasteiger partial charge in [0.25, 0.3) is 0 Å². The van der Waals surface area contributed by atoms with Crippen molar-refractivity contribution in [2.24, 2.45) is 11.8 Å². The largest absolute Gasteiger partial charge is 0.472 e. The predicted octanol–water partition coefficient (Wildman–Crippen LogP) is 23.9. The van der Waals surface area contributed by atoms with Gasteiger partial charge in [0.2, 0.25) is 0 Å². The predicted molar refractivity (Wildman–Crippen MR) is 405 cm³/mol. The Morgan fingerprint density at radius 2 is 0.515 bits per heavy atom. The lowest BCUT2D eigenvalue weighted by atomic mass is 10.00. The third kappa shape index (κ3) is 72.8. The molecule has 3 unspecified atom stereocenters. The van der Waals surface area contributed by atoms with Gasteiger partial charge in [-0.2, -0.15) is 0 Å². The first-order valence-corrected chi connectivity index (χ1v) is 44.5. The molecule has 0 fully saturated rings. The van der Waals surface area contributed by atoms with Crippen LogP contribution in [0.3, 0.4) is 0 Å². The van der Waals surface area contributed by atoms with Crippen LogP contribution >= 0.6 is 15.6 Å². The average Bonchev–Trinajstić information content (AvgIpc) is 0.958. The molecule has 0 rings (SSSR count). The Morgan fingerprint density at radius 3 is 0.768 bits per heavy atom. The van der Waals surface area contributed by atoms with Gasteiger partial charge in [-0.05, 0) is 37.5 Å². The molecule has 19 heteroatoms. The highest BCUT2D eigenvalue weighted by molar-refractivity contribution is 7.47. The fourth-order valence-corrected chi connectivity index (χ4v) is 13.9. The van der Waals surface area contributed by atoms with Gasteiger partial charge in [-0.3, -0.25) is 37.3 Å². The number of aliphatic hydroxyl groups is 1. The molecule has 17 nitrogen and oxygen atoms in total. The Kier molecular flexibility index (Phi) is 70.3. The molecule has 0 aromatic carbocycles. The number of carbonyl (C=O) groups is 4. The van der Waals surface area contributed by atoms with Crippen molar-refractivity contribution in [1.82, 2.24) is 0 Å². The van der Waals surface area contributed by atoms with Crippen LogP contribution in [0.5, 0.6) is 0 Å². The van der Waals surface area contributed by atoms with Crippen molar-refractivity contribution < 1.29 is 80.2 Å². The lowest BCUT2D eigenvalue weighted by molar-refractivity contribution is -0.161. The molecule has 0 bridgehead atoms. The number of carbonyl (C=O) groups excluding carboxylic acids is 4. The van der Waals surface area contributed by atoms with Gasteiger partial charge in [-0.15, -0.1) is 0 Å². The number of phosphoric ester groups is 2. The fraction of sp³-hybridized carbons (Fsp3) is 0.950. The first-order chi connectivity index (χ1) is 47.9. The van der Waals surface area contributed by atoms with Crippen LogP contribution < -0.4 is 0 Å². The number of phosphoric acid groups is 2. The Balaban J connectivity index is 5.24. The zero-order chi connectivity index (χ0) is 72.8. The van der Waals surface area contributed by atoms with Gasteiger partial charge in [-0.25, -0.2) is 9.13 Å². The quantitative estimate of drug-likeness (QED) is 0.0222. The number of aliphatic hydroxyl groups excluding tert-OH is 1. The summed E-state index contributed by atoms with van der Waals surface area (Å²) in [5.74, 6) is -0.576. The first-order valence-electron chi connectivity index (χ1n) is 41.5. The summed E-state index contributed by atoms with van der Waals surface area (Å²) in [5, 5.41) is 10.6. The lowest BCUT2D eigenvalue weighted by Crippen LogP contribution is -2.30. The smallest absolute Gasteiger partial charge is 0.462 e. The van der Waals surface area contributed by atoms with Crippen molar-refractivity contribution in [3.63, 3.8) is 0 Å². The van der Waals surface area contributed by atoms with E-state index in [9.17, 15) is 43.2 Å². The van der Waals surface area contributed by atoms with Gasteiger partial charge >= 0.3 is 39.5 Å². The van der Waals surface area contributed by atoms with E-state index in [2.05, 4.69) is 41.5 Å². The molecule has 588 valence electrons. The first kappa shape index (κ1) is 97.1. The van der Waals surface area contributed by atoms with Crippen LogP contribution in [-0.2, 0) is 65.4 Å². The summed E-state index contributed by atoms with van der Waals surface area (Å²) < 4.78 is 68.7. The van der Waals surface area contributed by atoms with E-state index in [0.717, 1.165) is 108 Å². The lowest BCUT2D eigenvalue weighted by Gasteiger charge is -2.21. The monoisotopic (exact) mass is 1450 g/mol. The van der Waals surface area contributed by atoms with Crippen molar-refractivity contribution in [3.05, 3.63) is 0 Å². The minimum atomic E-state index is -4.96. The van der Waals surface area contributed by atoms with Crippen LogP contribution in [0.15, 0.2) is 0 Å². The third-order valence-electron chi connectivity index (χ3n) is 19.1. The molecule has 0 aromatic heterocycles. The zero-order valence-corrected chi connectivity index (χ0v) is 66.6. The molecule has 0 saturated heterocycles. The maximum atomic E-state index is 13.1. The third-order valence-corrected chi connectivity index (χ3v) is 21.0. The molecule has 0 aromatic rings. The van der Waals surface area contributed by atoms with Crippen LogP contribution in [0.2, 0.25) is 0 Å². The van der Waals surface area contributed by atoms with Crippen LogP contribution in [0.25, 0.3) is 0 Å². The molecule has 6 atom stereocenters. The summed E-state index contributed by atoms with van der Waals surface area (Å²) in [5.41, 5.74) is 0. The van der Waals surface area contributed by atoms with Crippen molar-refractivity contribution in [2.75, 3.05) is 39.6 Å². The summed E-state index contributed by atoms with van der Waals surface area (Å²) in [4.78, 5) is 73.0. The molecule has 3 N–H and O–H groups in total. The number of hydrogen-bond acceptors (Lipinski definition) is 15. The second-order valence-electron chi connectivity index (χ2n) is 29.5. The highest BCUT2D eigenvalue weighted by atomic mass is 31.2. The molecular formula is C80H156O17P2. The van der Waals surface area contributed by atoms with Crippen molar-refractivity contribution in [1.29, 1.82) is 0 Å². The molecule has 0 heterocycles. The van der Waals surface area contributed by atoms with E-state index < -0.39 is 97.5 Å². The number of unbranched alkanes of at least 4 members (excludes halogenated alkanes) is 48. The van der Waals surface area contributed by atoms with Crippen molar-refractivity contribution >= 4 is 39.5 Å². The van der Waals surface area contributed by atoms with Gasteiger partial charge in [-0.1, -0.05) is 369 Å². The van der Waals surface area contributed by atoms with Gasteiger partial charge in [0, 0.05) is 25.7 Å². The molecule has 0 radical (unpaired) electrons. The molecule has 0 spiro atoms. The maximum Gasteiger partial charge on any atom is 0.472 e. The molecule has 99 heavy (non-hydrogen) atoms. The highest BCUT2D eigenvalue weighted by Gasteiger charge is 2.30. The van der Waals surface area contributed by atoms with Gasteiger partial charge in [0.1, 0.15) is 19.3 Å². The number of hydrogen-bond donors (Lipinski definition) is 3. The van der Waals surface area contributed by atoms with E-state index in [-0.39, 0.29) is 25.7 Å². The van der Waals surface area contributed by atoms with E-state index in [1.807, 2.05) is 0 Å². The second-order valence-corrected chi connectivity index (χ2v) is 32.4. The van der Waals surface area contributed by atoms with E-state index in [4.69, 9.17) is 37.0 Å². The summed E-state index contributed by atoms with van der Waals surface area (Å²) in [6, 6.07) is 0. The minimum absolute atomic E-state index is 0.107. The normalized spacial score (nSPS) is 14.2. The van der Waals surface area contributed by atoms with Crippen LogP contribution in [0.1, 0.15) is 420 Å². The summed E-state index contributed by atoms with van der Waals surface area (Å²) in [6.07, 6.45) is 61.0. The van der Waals surface area contributed by atoms with E-state index >= 15 is 0 Å². The Bertz CT molecular complexity index is 1910. The van der Waals surface area contributed by atoms with Gasteiger partial charge < -0.3 is 33.8 Å². The van der Waals surface area contributed by atoms with Crippen LogP contribution in [0.4, 0.5) is 0 Å². The zero-order valence-electron chi connectivity index (χ0n) is 64.8. The van der Waals surface area contributed by atoms with Crippen LogP contribution in [-0.4, -0.2) is 96.7 Å². The maximum absolute atomic E-state index is 13.1. The standard InChI is InChI=1S/C80H156O17P2/c1-7-10-12-14-16-18-20-22-24-25-28-32-35-39-43-50-56-62-77(82)90-68-75(96-79(84)65-59-53-45-41-37-33-29-26-27-30-34-38-42-48-54-60-72(4)5)70-94-98(86,87)92-66-74(81)67-93-99(88,89)95-71-76(69-91-78(83)63-57-51-47-46-49-55-61-73(6)9-3)97-80(85)64-58-52-44-40-36-31-23-21-19-17-15-13-11-8-2/h72-76,81H,7-71H2,1-6H3,(H,86,87)(H,88,89)/t73?,74-,75-,76-/m1/s1. The Morgan fingerprint density at radius 1 is 0.293 bits per heavy atom. The SMILES string of the molecule is CCCCCCCCCCCCCCCCCCCC(=O)OC[C@H](COP(=O)(O)OC[C@@H](O)COP(=O)(O)OC[C@@H](COC(=O)CCCCCCCCC(C)CC)OC(=O)CCCCCCCCCCCCCCCC)OC(=O)CCCCCCCCCCCCCCCCCC(C)C. The molecular weight excluding hydrogens is 1290 g/mol. The van der Waals surface area contributed by atoms with Crippen molar-refractivity contribution in [3.8, 4) is 0 Å². The number of rotatable bonds is 79. The summed E-state index contributed by atoms with van der Waals surface area (Å²) in [6.45, 7) is 9.62. The minimum Gasteiger partial charge on any atom is -0.462 e. The molecule has 0 aliphatic heterocycles. The van der Waals surface area contributed by atoms with E-state index in [1.165, 1.54) is 231 Å². The van der Waals surface area contributed by atoms with E-state index in [1.54, 1.807) is 0 Å². The summed E-state index contributed by atoms with van der Waals surface area (Å²) in [7, 11) is -9.92. The molecule has 0 saturated carbocycles. The number of esters is 4. The molecule has 0 amide bonds. The Hall–Kier alpha value is -1.94. The second kappa shape index (κ2) is 71.7. The van der Waals surface area contributed by atoms with E-state index in [0.29, 0.717) is 25.7 Å². The fourth-order valence-electron chi connectivity index (χ4n) is 12.3. The Labute approximate surface area is 607 Å². The molecule has 0 aliphatic rings. The topological polar surface area (TPSA) is 237 Å². The van der Waals surface area contributed by atoms with Gasteiger partial charge in [0.05, 0.1) is 26.4 Å².